The summed E-state index contributed by atoms with van der Waals surface area (Å²) in [7, 11) is 5.38. The minimum atomic E-state index is -1.09. The number of methoxy groups -OCH3 is 2. The van der Waals surface area contributed by atoms with Gasteiger partial charge in [0.2, 0.25) is 11.8 Å². The highest BCUT2D eigenvalue weighted by molar-refractivity contribution is 6.03. The van der Waals surface area contributed by atoms with Crippen molar-refractivity contribution in [3.63, 3.8) is 0 Å². The zero-order chi connectivity index (χ0) is 23.6. The van der Waals surface area contributed by atoms with Crippen LogP contribution in [-0.4, -0.2) is 78.6 Å². The van der Waals surface area contributed by atoms with E-state index >= 15 is 0 Å². The van der Waals surface area contributed by atoms with Crippen molar-refractivity contribution in [2.24, 2.45) is 0 Å². The van der Waals surface area contributed by atoms with Crippen LogP contribution in [0.4, 0.5) is 0 Å². The Kier molecular flexibility index (Phi) is 6.33. The number of nitrogens with zero attached hydrogens (tertiary/aromatic N) is 3. The first-order valence-corrected chi connectivity index (χ1v) is 9.89. The van der Waals surface area contributed by atoms with Gasteiger partial charge in [0.05, 0.1) is 14.2 Å². The van der Waals surface area contributed by atoms with Crippen molar-refractivity contribution < 1.29 is 33.2 Å². The summed E-state index contributed by atoms with van der Waals surface area (Å²) in [4.78, 5) is 53.7. The zero-order valence-electron chi connectivity index (χ0n) is 18.6. The predicted octanol–water partition coefficient (Wildman–Crippen LogP) is 1.09. The number of hydrogen-bond donors (Lipinski definition) is 0. The van der Waals surface area contributed by atoms with E-state index in [0.717, 1.165) is 19.8 Å². The van der Waals surface area contributed by atoms with Crippen LogP contribution in [0.1, 0.15) is 39.1 Å². The summed E-state index contributed by atoms with van der Waals surface area (Å²) in [6.07, 6.45) is 0.202. The van der Waals surface area contributed by atoms with Crippen molar-refractivity contribution in [2.75, 3.05) is 28.3 Å². The minimum absolute atomic E-state index is 0.0234. The van der Waals surface area contributed by atoms with Gasteiger partial charge in [-0.15, -0.1) is 0 Å². The largest absolute Gasteiger partial charge is 0.465 e. The zero-order valence-corrected chi connectivity index (χ0v) is 18.6. The van der Waals surface area contributed by atoms with E-state index in [4.69, 9.17) is 9.26 Å². The van der Waals surface area contributed by atoms with Crippen molar-refractivity contribution in [3.05, 3.63) is 52.9 Å². The van der Waals surface area contributed by atoms with Gasteiger partial charge in [-0.2, -0.15) is 0 Å². The van der Waals surface area contributed by atoms with E-state index in [2.05, 4.69) is 9.89 Å². The van der Waals surface area contributed by atoms with Crippen LogP contribution in [0.3, 0.4) is 0 Å². The molecule has 0 aliphatic carbocycles. The Hall–Kier alpha value is -3.69. The lowest BCUT2D eigenvalue weighted by Crippen LogP contribution is -2.69. The number of carbonyl (C=O) groups excluding carboxylic acids is 4. The van der Waals surface area contributed by atoms with Crippen LogP contribution in [0.2, 0.25) is 0 Å². The fourth-order valence-electron chi connectivity index (χ4n) is 3.90. The molecular formula is C22H25N3O7. The van der Waals surface area contributed by atoms with Gasteiger partial charge in [0.25, 0.3) is 5.76 Å². The summed E-state index contributed by atoms with van der Waals surface area (Å²) < 4.78 is 14.4. The Bertz CT molecular complexity index is 1050. The van der Waals surface area contributed by atoms with Crippen molar-refractivity contribution in [2.45, 2.75) is 31.3 Å². The molecule has 1 aromatic carbocycles. The molecular weight excluding hydrogens is 418 g/mol. The summed E-state index contributed by atoms with van der Waals surface area (Å²) in [5.41, 5.74) is -0.374. The van der Waals surface area contributed by atoms with Gasteiger partial charge in [-0.1, -0.05) is 35.5 Å². The van der Waals surface area contributed by atoms with Crippen LogP contribution in [0.25, 0.3) is 0 Å². The summed E-state index contributed by atoms with van der Waals surface area (Å²) in [6, 6.07) is 8.47. The second-order valence-electron chi connectivity index (χ2n) is 7.79. The highest BCUT2D eigenvalue weighted by Gasteiger charge is 2.51. The first-order chi connectivity index (χ1) is 15.2. The fourth-order valence-corrected chi connectivity index (χ4v) is 3.90. The lowest BCUT2D eigenvalue weighted by atomic mass is 9.85. The van der Waals surface area contributed by atoms with Crippen molar-refractivity contribution in [1.82, 2.24) is 15.0 Å². The van der Waals surface area contributed by atoms with E-state index in [1.165, 1.54) is 16.8 Å². The Balaban J connectivity index is 1.93. The third-order valence-corrected chi connectivity index (χ3v) is 5.91. The third-order valence-electron chi connectivity index (χ3n) is 5.91. The molecule has 2 atom stereocenters. The van der Waals surface area contributed by atoms with Crippen LogP contribution in [0.5, 0.6) is 0 Å². The molecule has 2 amide bonds. The molecule has 1 aliphatic heterocycles. The molecule has 170 valence electrons. The first kappa shape index (κ1) is 23.0. The lowest BCUT2D eigenvalue weighted by molar-refractivity contribution is -0.166. The Labute approximate surface area is 185 Å². The van der Waals surface area contributed by atoms with E-state index < -0.39 is 29.3 Å². The van der Waals surface area contributed by atoms with E-state index in [1.54, 1.807) is 14.0 Å². The molecule has 3 rings (SSSR count). The van der Waals surface area contributed by atoms with Gasteiger partial charge in [-0.25, -0.2) is 9.59 Å². The highest BCUT2D eigenvalue weighted by Crippen LogP contribution is 2.30. The number of ether oxygens (including phenoxy) is 2. The van der Waals surface area contributed by atoms with Crippen LogP contribution in [0, 0.1) is 0 Å². The van der Waals surface area contributed by atoms with Gasteiger partial charge in [0.1, 0.15) is 22.8 Å². The maximum Gasteiger partial charge on any atom is 0.377 e. The number of piperazine rings is 1. The average molecular weight is 443 g/mol. The van der Waals surface area contributed by atoms with Gasteiger partial charge in [-0.3, -0.25) is 9.59 Å². The van der Waals surface area contributed by atoms with Crippen LogP contribution >= 0.6 is 0 Å². The van der Waals surface area contributed by atoms with Gasteiger partial charge < -0.3 is 23.8 Å². The quantitative estimate of drug-likeness (QED) is 0.609. The Morgan fingerprint density at radius 2 is 1.72 bits per heavy atom. The number of likely N-dealkylation sites (N-methyl/N-ethyl adjacent to an activating group) is 2. The highest BCUT2D eigenvalue weighted by atomic mass is 16.6. The molecule has 1 aromatic heterocycles. The molecule has 10 nitrogen and oxygen atoms in total. The molecule has 0 spiro atoms. The molecule has 1 fully saturated rings. The second kappa shape index (κ2) is 8.81. The molecule has 1 aliphatic rings. The second-order valence-corrected chi connectivity index (χ2v) is 7.79. The number of amides is 2. The predicted molar refractivity (Wildman–Crippen MR) is 111 cm³/mol. The smallest absolute Gasteiger partial charge is 0.377 e. The normalized spacial score (nSPS) is 21.0. The minimum Gasteiger partial charge on any atom is -0.465 e. The lowest BCUT2D eigenvalue weighted by Gasteiger charge is -2.48. The number of benzene rings is 1. The summed E-state index contributed by atoms with van der Waals surface area (Å²) in [5.74, 6) is -2.78. The molecule has 32 heavy (non-hydrogen) atoms. The standard InChI is InChI=1S/C22H25N3O7/c1-22(12-13-9-7-6-8-10-13)21(29)24(2)15(18(26)25(22)3)11-14-16(19(27)30-4)17(32-23-14)20(28)31-5/h6-10,15H,11-12H2,1-5H3. The molecule has 2 unspecified atom stereocenters. The van der Waals surface area contributed by atoms with Gasteiger partial charge in [-0.05, 0) is 12.5 Å². The van der Waals surface area contributed by atoms with E-state index in [9.17, 15) is 19.2 Å². The summed E-state index contributed by atoms with van der Waals surface area (Å²) >= 11 is 0. The van der Waals surface area contributed by atoms with E-state index in [-0.39, 0.29) is 29.5 Å². The number of carbonyl (C=O) groups is 4. The van der Waals surface area contributed by atoms with Crippen molar-refractivity contribution >= 4 is 23.8 Å². The van der Waals surface area contributed by atoms with Crippen LogP contribution < -0.4 is 0 Å². The van der Waals surface area contributed by atoms with Crippen molar-refractivity contribution in [3.8, 4) is 0 Å². The first-order valence-electron chi connectivity index (χ1n) is 9.89. The fraction of sp³-hybridized carbons (Fsp3) is 0.409. The molecule has 2 heterocycles. The van der Waals surface area contributed by atoms with Crippen molar-refractivity contribution in [1.29, 1.82) is 0 Å². The third kappa shape index (κ3) is 3.83. The molecule has 0 radical (unpaired) electrons. The van der Waals surface area contributed by atoms with E-state index in [1.807, 2.05) is 30.3 Å². The molecule has 0 N–H and O–H groups in total. The average Bonchev–Trinajstić information content (AvgIpc) is 3.23. The summed E-state index contributed by atoms with van der Waals surface area (Å²) in [5, 5.41) is 3.79. The molecule has 0 bridgehead atoms. The summed E-state index contributed by atoms with van der Waals surface area (Å²) in [6.45, 7) is 1.72. The molecule has 0 saturated carbocycles. The Morgan fingerprint density at radius 3 is 2.31 bits per heavy atom. The number of hydrogen-bond acceptors (Lipinski definition) is 8. The molecule has 2 aromatic rings. The SMILES string of the molecule is COC(=O)c1onc(CC2C(=O)N(C)C(C)(Cc3ccccc3)C(=O)N2C)c1C(=O)OC. The monoisotopic (exact) mass is 443 g/mol. The van der Waals surface area contributed by atoms with E-state index in [0.29, 0.717) is 6.42 Å². The van der Waals surface area contributed by atoms with Crippen LogP contribution in [-0.2, 0) is 31.9 Å². The molecule has 1 saturated heterocycles. The number of aromatic nitrogens is 1. The maximum atomic E-state index is 13.4. The molecule has 10 heteroatoms. The van der Waals surface area contributed by atoms with Crippen LogP contribution in [0.15, 0.2) is 34.9 Å². The Morgan fingerprint density at radius 1 is 1.09 bits per heavy atom. The topological polar surface area (TPSA) is 119 Å². The maximum absolute atomic E-state index is 13.4. The van der Waals surface area contributed by atoms with Gasteiger partial charge in [0.15, 0.2) is 0 Å². The number of esters is 2. The number of rotatable bonds is 6. The van der Waals surface area contributed by atoms with Gasteiger partial charge in [0, 0.05) is 26.9 Å². The van der Waals surface area contributed by atoms with Gasteiger partial charge >= 0.3 is 11.9 Å².